The van der Waals surface area contributed by atoms with Gasteiger partial charge in [0.1, 0.15) is 11.8 Å². The van der Waals surface area contributed by atoms with Gasteiger partial charge in [-0.2, -0.15) is 5.10 Å². The van der Waals surface area contributed by atoms with E-state index in [1.54, 1.807) is 24.3 Å². The first-order valence-electron chi connectivity index (χ1n) is 9.61. The van der Waals surface area contributed by atoms with Crippen LogP contribution >= 0.6 is 27.5 Å². The molecule has 0 spiro atoms. The van der Waals surface area contributed by atoms with Gasteiger partial charge in [0.2, 0.25) is 0 Å². The van der Waals surface area contributed by atoms with Gasteiger partial charge in [0.05, 0.1) is 12.8 Å². The van der Waals surface area contributed by atoms with E-state index in [9.17, 15) is 9.59 Å². The first kappa shape index (κ1) is 23.9. The van der Waals surface area contributed by atoms with E-state index in [-0.39, 0.29) is 11.8 Å². The smallest absolute Gasteiger partial charge is 0.262 e. The van der Waals surface area contributed by atoms with E-state index in [0.717, 1.165) is 10.0 Å². The maximum atomic E-state index is 12.7. The lowest BCUT2D eigenvalue weighted by Gasteiger charge is -2.19. The first-order chi connectivity index (χ1) is 14.3. The number of nitrogens with one attached hydrogen (secondary N) is 2. The molecule has 8 heteroatoms. The van der Waals surface area contributed by atoms with Crippen LogP contribution in [0.5, 0.6) is 5.75 Å². The molecule has 0 aliphatic rings. The Labute approximate surface area is 190 Å². The van der Waals surface area contributed by atoms with Crippen LogP contribution in [0, 0.1) is 5.92 Å². The van der Waals surface area contributed by atoms with Crippen molar-refractivity contribution in [1.29, 1.82) is 0 Å². The number of hydrazone groups is 1. The van der Waals surface area contributed by atoms with Gasteiger partial charge >= 0.3 is 0 Å². The number of ether oxygens (including phenoxy) is 1. The maximum Gasteiger partial charge on any atom is 0.262 e. The molecule has 0 aliphatic heterocycles. The number of amides is 2. The van der Waals surface area contributed by atoms with E-state index in [1.165, 1.54) is 6.21 Å². The highest BCUT2D eigenvalue weighted by Gasteiger charge is 2.22. The highest BCUT2D eigenvalue weighted by atomic mass is 79.9. The van der Waals surface area contributed by atoms with Crippen LogP contribution in [0.15, 0.2) is 52.0 Å². The second kappa shape index (κ2) is 11.7. The Balaban J connectivity index is 2.08. The highest BCUT2D eigenvalue weighted by molar-refractivity contribution is 9.10. The van der Waals surface area contributed by atoms with Gasteiger partial charge in [-0.1, -0.05) is 41.4 Å². The monoisotopic (exact) mass is 493 g/mol. The zero-order valence-electron chi connectivity index (χ0n) is 17.1. The molecule has 2 amide bonds. The van der Waals surface area contributed by atoms with Crippen LogP contribution in [0.4, 0.5) is 0 Å². The summed E-state index contributed by atoms with van der Waals surface area (Å²) in [4.78, 5) is 25.2. The van der Waals surface area contributed by atoms with E-state index < -0.39 is 11.9 Å². The number of nitrogens with zero attached hydrogens (tertiary/aromatic N) is 1. The zero-order chi connectivity index (χ0) is 22.1. The molecule has 1 unspecified atom stereocenters. The molecule has 0 saturated carbocycles. The molecule has 0 aromatic heterocycles. The third-order valence-corrected chi connectivity index (χ3v) is 4.83. The summed E-state index contributed by atoms with van der Waals surface area (Å²) in [6, 6.07) is 11.3. The molecule has 0 saturated heterocycles. The number of carbonyl (C=O) groups is 2. The average Bonchev–Trinajstić information content (AvgIpc) is 2.69. The molecule has 160 valence electrons. The summed E-state index contributed by atoms with van der Waals surface area (Å²) in [7, 11) is 0. The number of carbonyl (C=O) groups excluding carboxylic acids is 2. The van der Waals surface area contributed by atoms with Gasteiger partial charge in [0.15, 0.2) is 0 Å². The molecule has 30 heavy (non-hydrogen) atoms. The summed E-state index contributed by atoms with van der Waals surface area (Å²) in [5.74, 6) is 0.121. The van der Waals surface area contributed by atoms with E-state index in [0.29, 0.717) is 29.4 Å². The minimum atomic E-state index is -0.723. The predicted octanol–water partition coefficient (Wildman–Crippen LogP) is 4.80. The second-order valence-corrected chi connectivity index (χ2v) is 8.36. The topological polar surface area (TPSA) is 79.8 Å². The van der Waals surface area contributed by atoms with Crippen molar-refractivity contribution < 1.29 is 14.3 Å². The Hall–Kier alpha value is -2.38. The maximum absolute atomic E-state index is 12.7. The Morgan fingerprint density at radius 1 is 1.20 bits per heavy atom. The fraction of sp³-hybridized carbons (Fsp3) is 0.318. The zero-order valence-corrected chi connectivity index (χ0v) is 19.5. The van der Waals surface area contributed by atoms with Crippen molar-refractivity contribution in [3.05, 3.63) is 63.1 Å². The molecule has 2 N–H and O–H groups in total. The molecular weight excluding hydrogens is 470 g/mol. The summed E-state index contributed by atoms with van der Waals surface area (Å²) in [6.07, 6.45) is 1.99. The number of halogens is 2. The molecule has 2 aromatic carbocycles. The third-order valence-electron chi connectivity index (χ3n) is 4.09. The van der Waals surface area contributed by atoms with Gasteiger partial charge in [0.25, 0.3) is 11.8 Å². The minimum Gasteiger partial charge on any atom is -0.493 e. The van der Waals surface area contributed by atoms with Crippen LogP contribution in [0.1, 0.15) is 43.1 Å². The fourth-order valence-corrected chi connectivity index (χ4v) is 3.20. The molecule has 2 rings (SSSR count). The van der Waals surface area contributed by atoms with Crippen LogP contribution in [-0.2, 0) is 4.79 Å². The van der Waals surface area contributed by atoms with Crippen molar-refractivity contribution in [2.75, 3.05) is 6.61 Å². The van der Waals surface area contributed by atoms with Crippen molar-refractivity contribution >= 4 is 45.6 Å². The normalized spacial score (nSPS) is 12.1. The summed E-state index contributed by atoms with van der Waals surface area (Å²) in [5.41, 5.74) is 3.67. The van der Waals surface area contributed by atoms with Crippen molar-refractivity contribution in [2.24, 2.45) is 11.0 Å². The molecule has 2 aromatic rings. The van der Waals surface area contributed by atoms with E-state index >= 15 is 0 Å². The predicted molar refractivity (Wildman–Crippen MR) is 123 cm³/mol. The Morgan fingerprint density at radius 3 is 2.53 bits per heavy atom. The molecule has 0 fully saturated rings. The SMILES string of the molecule is CCOc1ccc(Br)cc1C=NNC(=O)C(CC(C)C)NC(=O)c1ccc(Cl)cc1. The lowest BCUT2D eigenvalue weighted by Crippen LogP contribution is -2.46. The molecule has 0 bridgehead atoms. The van der Waals surface area contributed by atoms with Gasteiger partial charge in [-0.3, -0.25) is 9.59 Å². The first-order valence-corrected chi connectivity index (χ1v) is 10.8. The van der Waals surface area contributed by atoms with E-state index in [4.69, 9.17) is 16.3 Å². The number of hydrogen-bond donors (Lipinski definition) is 2. The number of hydrogen-bond acceptors (Lipinski definition) is 4. The summed E-state index contributed by atoms with van der Waals surface area (Å²) in [6.45, 7) is 6.37. The molecule has 6 nitrogen and oxygen atoms in total. The second-order valence-electron chi connectivity index (χ2n) is 7.01. The largest absolute Gasteiger partial charge is 0.493 e. The molecule has 0 radical (unpaired) electrons. The minimum absolute atomic E-state index is 0.199. The van der Waals surface area contributed by atoms with Gasteiger partial charge < -0.3 is 10.1 Å². The average molecular weight is 495 g/mol. The molecular formula is C22H25BrClN3O3. The summed E-state index contributed by atoms with van der Waals surface area (Å²) < 4.78 is 6.44. The number of rotatable bonds is 9. The Kier molecular flexibility index (Phi) is 9.33. The summed E-state index contributed by atoms with van der Waals surface area (Å²) >= 11 is 9.28. The van der Waals surface area contributed by atoms with E-state index in [1.807, 2.05) is 39.0 Å². The fourth-order valence-electron chi connectivity index (χ4n) is 2.70. The molecule has 0 heterocycles. The van der Waals surface area contributed by atoms with Crippen molar-refractivity contribution in [3.8, 4) is 5.75 Å². The Bertz CT molecular complexity index is 901. The summed E-state index contributed by atoms with van der Waals surface area (Å²) in [5, 5.41) is 7.36. The van der Waals surface area contributed by atoms with E-state index in [2.05, 4.69) is 31.8 Å². The van der Waals surface area contributed by atoms with Crippen LogP contribution in [-0.4, -0.2) is 30.7 Å². The molecule has 1 atom stereocenters. The van der Waals surface area contributed by atoms with Crippen molar-refractivity contribution in [1.82, 2.24) is 10.7 Å². The van der Waals surface area contributed by atoms with Gasteiger partial charge in [-0.05, 0) is 61.7 Å². The number of benzene rings is 2. The standard InChI is InChI=1S/C22H25BrClN3O3/c1-4-30-20-10-7-17(23)12-16(20)13-25-27-22(29)19(11-14(2)3)26-21(28)15-5-8-18(24)9-6-15/h5-10,12-14,19H,4,11H2,1-3H3,(H,26,28)(H,27,29). The molecule has 0 aliphatic carbocycles. The lowest BCUT2D eigenvalue weighted by atomic mass is 10.0. The van der Waals surface area contributed by atoms with Crippen LogP contribution < -0.4 is 15.5 Å². The quantitative estimate of drug-likeness (QED) is 0.388. The van der Waals surface area contributed by atoms with Crippen molar-refractivity contribution in [2.45, 2.75) is 33.2 Å². The van der Waals surface area contributed by atoms with Crippen LogP contribution in [0.25, 0.3) is 0 Å². The third kappa shape index (κ3) is 7.46. The van der Waals surface area contributed by atoms with Gasteiger partial charge in [-0.15, -0.1) is 0 Å². The van der Waals surface area contributed by atoms with Crippen LogP contribution in [0.2, 0.25) is 5.02 Å². The van der Waals surface area contributed by atoms with Crippen LogP contribution in [0.3, 0.4) is 0 Å². The van der Waals surface area contributed by atoms with Gasteiger partial charge in [-0.25, -0.2) is 5.43 Å². The Morgan fingerprint density at radius 2 is 1.90 bits per heavy atom. The highest BCUT2D eigenvalue weighted by Crippen LogP contribution is 2.21. The van der Waals surface area contributed by atoms with Crippen molar-refractivity contribution in [3.63, 3.8) is 0 Å². The lowest BCUT2D eigenvalue weighted by molar-refractivity contribution is -0.123. The van der Waals surface area contributed by atoms with Gasteiger partial charge in [0, 0.05) is 20.6 Å².